The highest BCUT2D eigenvalue weighted by atomic mass is 32.2. The minimum absolute atomic E-state index is 0.261. The van der Waals surface area contributed by atoms with Crippen molar-refractivity contribution < 1.29 is 18.3 Å². The summed E-state index contributed by atoms with van der Waals surface area (Å²) in [4.78, 5) is 11.0. The molecule has 0 radical (unpaired) electrons. The van der Waals surface area contributed by atoms with Gasteiger partial charge in [0.05, 0.1) is 10.8 Å². The summed E-state index contributed by atoms with van der Waals surface area (Å²) in [6.45, 7) is 1.88. The van der Waals surface area contributed by atoms with Crippen LogP contribution < -0.4 is 4.72 Å². The second-order valence-corrected chi connectivity index (χ2v) is 7.33. The van der Waals surface area contributed by atoms with Crippen molar-refractivity contribution in [3.8, 4) is 0 Å². The first-order chi connectivity index (χ1) is 9.90. The first-order valence-corrected chi connectivity index (χ1v) is 8.73. The maximum atomic E-state index is 12.2. The van der Waals surface area contributed by atoms with Gasteiger partial charge in [-0.25, -0.2) is 13.1 Å². The van der Waals surface area contributed by atoms with E-state index in [9.17, 15) is 13.2 Å². The molecule has 1 aliphatic carbocycles. The first kappa shape index (κ1) is 16.0. The number of benzene rings is 1. The van der Waals surface area contributed by atoms with E-state index in [1.165, 1.54) is 5.56 Å². The van der Waals surface area contributed by atoms with E-state index in [0.29, 0.717) is 17.7 Å². The van der Waals surface area contributed by atoms with Crippen LogP contribution in [0.4, 0.5) is 0 Å². The van der Waals surface area contributed by atoms with E-state index in [1.54, 1.807) is 19.1 Å². The molecular weight excluding hydrogens is 290 g/mol. The zero-order valence-electron chi connectivity index (χ0n) is 12.1. The molecule has 0 aromatic heterocycles. The molecule has 2 N–H and O–H groups in total. The van der Waals surface area contributed by atoms with E-state index in [0.717, 1.165) is 24.8 Å². The van der Waals surface area contributed by atoms with Gasteiger partial charge in [0, 0.05) is 6.54 Å². The summed E-state index contributed by atoms with van der Waals surface area (Å²) < 4.78 is 26.9. The fourth-order valence-electron chi connectivity index (χ4n) is 2.54. The van der Waals surface area contributed by atoms with Gasteiger partial charge in [-0.3, -0.25) is 4.79 Å². The average Bonchev–Trinajstić information content (AvgIpc) is 2.90. The smallest absolute Gasteiger partial charge is 0.306 e. The first-order valence-electron chi connectivity index (χ1n) is 7.24. The Balaban J connectivity index is 1.91. The third-order valence-corrected chi connectivity index (χ3v) is 5.37. The molecule has 1 aromatic rings. The number of carboxylic acids is 1. The number of aliphatic carboxylic acids is 1. The fourth-order valence-corrected chi connectivity index (χ4v) is 3.66. The predicted octanol–water partition coefficient (Wildman–Crippen LogP) is 1.95. The number of carboxylic acid groups (broad SMARTS) is 1. The predicted molar refractivity (Wildman–Crippen MR) is 79.7 cm³/mol. The highest BCUT2D eigenvalue weighted by Gasteiger charge is 2.18. The topological polar surface area (TPSA) is 83.5 Å². The molecule has 2 rings (SSSR count). The molecule has 0 fully saturated rings. The molecule has 5 nitrogen and oxygen atoms in total. The van der Waals surface area contributed by atoms with Crippen molar-refractivity contribution in [2.75, 3.05) is 6.54 Å². The van der Waals surface area contributed by atoms with Crippen LogP contribution in [0.25, 0.3) is 0 Å². The van der Waals surface area contributed by atoms with Crippen molar-refractivity contribution >= 4 is 16.0 Å². The molecule has 0 aliphatic heterocycles. The van der Waals surface area contributed by atoms with Gasteiger partial charge in [0.15, 0.2) is 0 Å². The Morgan fingerprint density at radius 1 is 1.33 bits per heavy atom. The van der Waals surface area contributed by atoms with Gasteiger partial charge in [-0.05, 0) is 55.4 Å². The van der Waals surface area contributed by atoms with E-state index >= 15 is 0 Å². The van der Waals surface area contributed by atoms with Crippen LogP contribution in [0, 0.1) is 5.92 Å². The maximum Gasteiger partial charge on any atom is 0.306 e. The third-order valence-electron chi connectivity index (χ3n) is 3.91. The van der Waals surface area contributed by atoms with E-state index < -0.39 is 21.9 Å². The Morgan fingerprint density at radius 2 is 2.05 bits per heavy atom. The van der Waals surface area contributed by atoms with Crippen molar-refractivity contribution in [3.05, 3.63) is 29.3 Å². The molecule has 0 saturated carbocycles. The van der Waals surface area contributed by atoms with Gasteiger partial charge in [-0.2, -0.15) is 0 Å². The highest BCUT2D eigenvalue weighted by molar-refractivity contribution is 7.89. The third kappa shape index (κ3) is 4.04. The molecule has 1 unspecified atom stereocenters. The molecule has 1 aromatic carbocycles. The Hall–Kier alpha value is -1.40. The number of hydrogen-bond acceptors (Lipinski definition) is 3. The monoisotopic (exact) mass is 311 g/mol. The van der Waals surface area contributed by atoms with Gasteiger partial charge < -0.3 is 5.11 Å². The second-order valence-electron chi connectivity index (χ2n) is 5.56. The van der Waals surface area contributed by atoms with E-state index in [2.05, 4.69) is 4.72 Å². The standard InChI is InChI=1S/C15H21NO4S/c1-11(15(17)18)4-3-9-16-21(19,20)14-8-7-12-5-2-6-13(12)10-14/h7-8,10-11,16H,2-6,9H2,1H3,(H,17,18). The number of fused-ring (bicyclic) bond motifs is 1. The lowest BCUT2D eigenvalue weighted by Gasteiger charge is -2.09. The van der Waals surface area contributed by atoms with Gasteiger partial charge in [0.2, 0.25) is 10.0 Å². The Labute approximate surface area is 125 Å². The summed E-state index contributed by atoms with van der Waals surface area (Å²) in [7, 11) is -3.50. The van der Waals surface area contributed by atoms with Crippen LogP contribution in [-0.4, -0.2) is 26.0 Å². The second kappa shape index (κ2) is 6.58. The molecular formula is C15H21NO4S. The van der Waals surface area contributed by atoms with Crippen molar-refractivity contribution in [1.29, 1.82) is 0 Å². The van der Waals surface area contributed by atoms with Crippen LogP contribution in [0.15, 0.2) is 23.1 Å². The highest BCUT2D eigenvalue weighted by Crippen LogP contribution is 2.24. The summed E-state index contributed by atoms with van der Waals surface area (Å²) in [5, 5.41) is 8.77. The molecule has 0 spiro atoms. The molecule has 1 aliphatic rings. The minimum Gasteiger partial charge on any atom is -0.481 e. The zero-order chi connectivity index (χ0) is 15.5. The van der Waals surface area contributed by atoms with Crippen LogP contribution in [0.5, 0.6) is 0 Å². The lowest BCUT2D eigenvalue weighted by molar-refractivity contribution is -0.141. The summed E-state index contributed by atoms with van der Waals surface area (Å²) >= 11 is 0. The molecule has 0 saturated heterocycles. The van der Waals surface area contributed by atoms with Crippen molar-refractivity contribution in [2.24, 2.45) is 5.92 Å². The Morgan fingerprint density at radius 3 is 2.76 bits per heavy atom. The van der Waals surface area contributed by atoms with E-state index in [1.807, 2.05) is 6.07 Å². The number of hydrogen-bond donors (Lipinski definition) is 2. The SMILES string of the molecule is CC(CCCNS(=O)(=O)c1ccc2c(c1)CCC2)C(=O)O. The van der Waals surface area contributed by atoms with Crippen LogP contribution in [-0.2, 0) is 27.7 Å². The van der Waals surface area contributed by atoms with Crippen LogP contribution in [0.3, 0.4) is 0 Å². The van der Waals surface area contributed by atoms with Crippen molar-refractivity contribution in [2.45, 2.75) is 43.9 Å². The number of sulfonamides is 1. The minimum atomic E-state index is -3.50. The van der Waals surface area contributed by atoms with E-state index in [4.69, 9.17) is 5.11 Å². The number of nitrogens with one attached hydrogen (secondary N) is 1. The molecule has 1 atom stereocenters. The fraction of sp³-hybridized carbons (Fsp3) is 0.533. The molecule has 6 heteroatoms. The van der Waals surface area contributed by atoms with Gasteiger partial charge in [-0.15, -0.1) is 0 Å². The normalized spacial score (nSPS) is 15.7. The van der Waals surface area contributed by atoms with Crippen LogP contribution >= 0.6 is 0 Å². The zero-order valence-corrected chi connectivity index (χ0v) is 12.9. The van der Waals surface area contributed by atoms with Gasteiger partial charge in [0.1, 0.15) is 0 Å². The number of rotatable bonds is 7. The number of aryl methyl sites for hydroxylation is 2. The average molecular weight is 311 g/mol. The van der Waals surface area contributed by atoms with Crippen LogP contribution in [0.1, 0.15) is 37.3 Å². The molecule has 21 heavy (non-hydrogen) atoms. The number of carbonyl (C=O) groups is 1. The molecule has 0 bridgehead atoms. The van der Waals surface area contributed by atoms with Crippen molar-refractivity contribution in [3.63, 3.8) is 0 Å². The quantitative estimate of drug-likeness (QED) is 0.754. The van der Waals surface area contributed by atoms with Gasteiger partial charge in [-0.1, -0.05) is 13.0 Å². The van der Waals surface area contributed by atoms with Gasteiger partial charge in [0.25, 0.3) is 0 Å². The molecule has 116 valence electrons. The van der Waals surface area contributed by atoms with Crippen molar-refractivity contribution in [1.82, 2.24) is 4.72 Å². The maximum absolute atomic E-state index is 12.2. The summed E-state index contributed by atoms with van der Waals surface area (Å²) in [5.74, 6) is -1.30. The van der Waals surface area contributed by atoms with Crippen LogP contribution in [0.2, 0.25) is 0 Å². The Bertz CT molecular complexity index is 625. The summed E-state index contributed by atoms with van der Waals surface area (Å²) in [6, 6.07) is 5.29. The Kier molecular flexibility index (Phi) is 5.00. The van der Waals surface area contributed by atoms with Gasteiger partial charge >= 0.3 is 5.97 Å². The lowest BCUT2D eigenvalue weighted by atomic mass is 10.1. The van der Waals surface area contributed by atoms with E-state index in [-0.39, 0.29) is 6.54 Å². The summed E-state index contributed by atoms with van der Waals surface area (Å²) in [6.07, 6.45) is 4.02. The lowest BCUT2D eigenvalue weighted by Crippen LogP contribution is -2.25. The molecule has 0 amide bonds. The summed E-state index contributed by atoms with van der Waals surface area (Å²) in [5.41, 5.74) is 2.36. The molecule has 0 heterocycles. The largest absolute Gasteiger partial charge is 0.481 e.